The van der Waals surface area contributed by atoms with Crippen molar-refractivity contribution in [3.05, 3.63) is 59.4 Å². The Hall–Kier alpha value is -2.34. The largest absolute Gasteiger partial charge is 0.347 e. The molecule has 114 valence electrons. The smallest absolute Gasteiger partial charge is 0.271 e. The molecule has 0 spiro atoms. The minimum Gasteiger partial charge on any atom is -0.347 e. The van der Waals surface area contributed by atoms with E-state index in [2.05, 4.69) is 20.6 Å². The molecule has 1 atom stereocenters. The van der Waals surface area contributed by atoms with E-state index >= 15 is 0 Å². The molecule has 2 aromatic rings. The Labute approximate surface area is 128 Å². The van der Waals surface area contributed by atoms with Crippen LogP contribution in [0.15, 0.2) is 36.7 Å². The van der Waals surface area contributed by atoms with E-state index < -0.39 is 0 Å². The summed E-state index contributed by atoms with van der Waals surface area (Å²) in [7, 11) is 0. The number of carbonyl (C=O) groups excluding carboxylic acids is 1. The van der Waals surface area contributed by atoms with Crippen molar-refractivity contribution in [2.24, 2.45) is 0 Å². The molecule has 0 saturated carbocycles. The van der Waals surface area contributed by atoms with Gasteiger partial charge in [0.1, 0.15) is 11.5 Å². The monoisotopic (exact) mass is 300 g/mol. The lowest BCUT2D eigenvalue weighted by atomic mass is 10.1. The second-order valence-electron chi connectivity index (χ2n) is 5.29. The first-order valence-corrected chi connectivity index (χ1v) is 7.30. The summed E-state index contributed by atoms with van der Waals surface area (Å²) in [5, 5.41) is 6.10. The van der Waals surface area contributed by atoms with Crippen LogP contribution in [0.3, 0.4) is 0 Å². The van der Waals surface area contributed by atoms with E-state index in [9.17, 15) is 9.18 Å². The zero-order chi connectivity index (χ0) is 15.4. The van der Waals surface area contributed by atoms with Gasteiger partial charge in [-0.25, -0.2) is 9.37 Å². The van der Waals surface area contributed by atoms with Crippen LogP contribution in [-0.2, 0) is 6.54 Å². The summed E-state index contributed by atoms with van der Waals surface area (Å²) in [6, 6.07) is 6.19. The molecule has 1 aromatic carbocycles. The number of aromatic nitrogens is 2. The van der Waals surface area contributed by atoms with Gasteiger partial charge in [-0.2, -0.15) is 0 Å². The van der Waals surface area contributed by atoms with Crippen LogP contribution in [0.25, 0.3) is 0 Å². The van der Waals surface area contributed by atoms with E-state index in [-0.39, 0.29) is 17.8 Å². The van der Waals surface area contributed by atoms with Crippen molar-refractivity contribution in [3.63, 3.8) is 0 Å². The van der Waals surface area contributed by atoms with Gasteiger partial charge in [-0.15, -0.1) is 0 Å². The molecule has 2 heterocycles. The molecule has 0 aliphatic carbocycles. The lowest BCUT2D eigenvalue weighted by Crippen LogP contribution is -2.25. The average molecular weight is 300 g/mol. The number of nitrogens with zero attached hydrogens (tertiary/aromatic N) is 2. The molecule has 6 heteroatoms. The Morgan fingerprint density at radius 1 is 1.32 bits per heavy atom. The van der Waals surface area contributed by atoms with Crippen LogP contribution in [0, 0.1) is 5.82 Å². The number of rotatable bonds is 4. The summed E-state index contributed by atoms with van der Waals surface area (Å²) < 4.78 is 12.8. The first-order valence-electron chi connectivity index (χ1n) is 7.30. The third-order valence-electron chi connectivity index (χ3n) is 3.67. The number of nitrogens with one attached hydrogen (secondary N) is 2. The topological polar surface area (TPSA) is 66.9 Å². The van der Waals surface area contributed by atoms with Crippen LogP contribution in [0.5, 0.6) is 0 Å². The van der Waals surface area contributed by atoms with Crippen molar-refractivity contribution in [3.8, 4) is 0 Å². The third-order valence-corrected chi connectivity index (χ3v) is 3.67. The van der Waals surface area contributed by atoms with Gasteiger partial charge in [0, 0.05) is 6.54 Å². The van der Waals surface area contributed by atoms with Crippen LogP contribution in [-0.4, -0.2) is 22.4 Å². The van der Waals surface area contributed by atoms with Crippen LogP contribution >= 0.6 is 0 Å². The molecule has 2 N–H and O–H groups in total. The molecule has 1 aliphatic heterocycles. The summed E-state index contributed by atoms with van der Waals surface area (Å²) in [5.41, 5.74) is 1.93. The van der Waals surface area contributed by atoms with Crippen molar-refractivity contribution < 1.29 is 9.18 Å². The van der Waals surface area contributed by atoms with Crippen molar-refractivity contribution in [1.29, 1.82) is 0 Å². The number of carbonyl (C=O) groups is 1. The second kappa shape index (κ2) is 6.62. The second-order valence-corrected chi connectivity index (χ2v) is 5.29. The molecule has 3 rings (SSSR count). The highest BCUT2D eigenvalue weighted by molar-refractivity contribution is 5.91. The Balaban J connectivity index is 1.64. The number of hydrogen-bond acceptors (Lipinski definition) is 4. The van der Waals surface area contributed by atoms with E-state index in [1.807, 2.05) is 0 Å². The van der Waals surface area contributed by atoms with Gasteiger partial charge in [0.2, 0.25) is 0 Å². The molecule has 1 amide bonds. The van der Waals surface area contributed by atoms with Crippen molar-refractivity contribution in [1.82, 2.24) is 20.6 Å². The first-order chi connectivity index (χ1) is 10.7. The van der Waals surface area contributed by atoms with Gasteiger partial charge in [-0.3, -0.25) is 9.78 Å². The van der Waals surface area contributed by atoms with Gasteiger partial charge >= 0.3 is 0 Å². The Morgan fingerprint density at radius 2 is 2.14 bits per heavy atom. The lowest BCUT2D eigenvalue weighted by Gasteiger charge is -2.10. The zero-order valence-electron chi connectivity index (χ0n) is 12.1. The molecule has 0 unspecified atom stereocenters. The minimum atomic E-state index is -0.294. The standard InChI is InChI=1S/C16H17FN4O/c17-12-5-3-11(4-6-12)8-20-16(22)15-10-18-9-14(21-15)13-2-1-7-19-13/h3-6,9-10,13,19H,1-2,7-8H2,(H,20,22)/t13-/m0/s1. The summed E-state index contributed by atoms with van der Waals surface area (Å²) in [5.74, 6) is -0.575. The summed E-state index contributed by atoms with van der Waals surface area (Å²) in [6.45, 7) is 1.29. The number of hydrogen-bond donors (Lipinski definition) is 2. The van der Waals surface area contributed by atoms with Gasteiger partial charge in [-0.1, -0.05) is 12.1 Å². The molecule has 1 aliphatic rings. The number of amides is 1. The number of benzene rings is 1. The van der Waals surface area contributed by atoms with Gasteiger partial charge < -0.3 is 10.6 Å². The molecule has 22 heavy (non-hydrogen) atoms. The molecule has 1 fully saturated rings. The zero-order valence-corrected chi connectivity index (χ0v) is 12.1. The van der Waals surface area contributed by atoms with E-state index in [1.165, 1.54) is 18.3 Å². The maximum absolute atomic E-state index is 12.8. The molecular weight excluding hydrogens is 283 g/mol. The first kappa shape index (κ1) is 14.6. The molecule has 1 aromatic heterocycles. The number of halogens is 1. The van der Waals surface area contributed by atoms with Crippen LogP contribution in [0.2, 0.25) is 0 Å². The van der Waals surface area contributed by atoms with Crippen LogP contribution in [0.4, 0.5) is 4.39 Å². The molecule has 0 bridgehead atoms. The fraction of sp³-hybridized carbons (Fsp3) is 0.312. The highest BCUT2D eigenvalue weighted by atomic mass is 19.1. The summed E-state index contributed by atoms with van der Waals surface area (Å²) >= 11 is 0. The van der Waals surface area contributed by atoms with Crippen molar-refractivity contribution in [2.75, 3.05) is 6.54 Å². The normalized spacial score (nSPS) is 17.4. The highest BCUT2D eigenvalue weighted by Gasteiger charge is 2.19. The van der Waals surface area contributed by atoms with Gasteiger partial charge in [0.15, 0.2) is 0 Å². The van der Waals surface area contributed by atoms with Gasteiger partial charge in [0.25, 0.3) is 5.91 Å². The van der Waals surface area contributed by atoms with Gasteiger partial charge in [-0.05, 0) is 37.1 Å². The van der Waals surface area contributed by atoms with E-state index in [0.29, 0.717) is 12.2 Å². The Kier molecular flexibility index (Phi) is 4.39. The van der Waals surface area contributed by atoms with Crippen LogP contribution in [0.1, 0.15) is 40.6 Å². The predicted molar refractivity (Wildman–Crippen MR) is 79.6 cm³/mol. The molecule has 1 saturated heterocycles. The molecule has 0 radical (unpaired) electrons. The SMILES string of the molecule is O=C(NCc1ccc(F)cc1)c1cncc([C@@H]2CCCN2)n1. The minimum absolute atomic E-state index is 0.178. The van der Waals surface area contributed by atoms with Crippen molar-refractivity contribution >= 4 is 5.91 Å². The molecular formula is C16H17FN4O. The fourth-order valence-electron chi connectivity index (χ4n) is 2.47. The summed E-state index contributed by atoms with van der Waals surface area (Å²) in [4.78, 5) is 20.6. The Morgan fingerprint density at radius 3 is 2.86 bits per heavy atom. The summed E-state index contributed by atoms with van der Waals surface area (Å²) in [6.07, 6.45) is 5.26. The maximum Gasteiger partial charge on any atom is 0.271 e. The predicted octanol–water partition coefficient (Wildman–Crippen LogP) is 1.97. The Bertz CT molecular complexity index is 653. The quantitative estimate of drug-likeness (QED) is 0.906. The van der Waals surface area contributed by atoms with E-state index in [1.54, 1.807) is 18.3 Å². The van der Waals surface area contributed by atoms with Crippen LogP contribution < -0.4 is 10.6 Å². The van der Waals surface area contributed by atoms with E-state index in [4.69, 9.17) is 0 Å². The molecule has 5 nitrogen and oxygen atoms in total. The van der Waals surface area contributed by atoms with Gasteiger partial charge in [0.05, 0.1) is 24.1 Å². The van der Waals surface area contributed by atoms with E-state index in [0.717, 1.165) is 30.6 Å². The highest BCUT2D eigenvalue weighted by Crippen LogP contribution is 2.20. The van der Waals surface area contributed by atoms with Crippen molar-refractivity contribution in [2.45, 2.75) is 25.4 Å². The maximum atomic E-state index is 12.8. The lowest BCUT2D eigenvalue weighted by molar-refractivity contribution is 0.0945. The average Bonchev–Trinajstić information content (AvgIpc) is 3.09. The third kappa shape index (κ3) is 3.46. The fourth-order valence-corrected chi connectivity index (χ4v) is 2.47.